The molecule has 0 aliphatic rings. The largest absolute Gasteiger partial charge is 0.480 e. The van der Waals surface area contributed by atoms with Crippen LogP contribution in [-0.2, 0) is 14.8 Å². The maximum absolute atomic E-state index is 11.6. The van der Waals surface area contributed by atoms with Gasteiger partial charge in [0, 0.05) is 0 Å². The number of carboxylic acids is 1. The van der Waals surface area contributed by atoms with E-state index >= 15 is 0 Å². The number of hydrogen-bond donors (Lipinski definition) is 2. The zero-order valence-electron chi connectivity index (χ0n) is 10.8. The Labute approximate surface area is 104 Å². The number of rotatable bonds is 9. The molecule has 0 unspecified atom stereocenters. The number of carboxylic acid groups (broad SMARTS) is 1. The van der Waals surface area contributed by atoms with Gasteiger partial charge in [0.25, 0.3) is 0 Å². The summed E-state index contributed by atoms with van der Waals surface area (Å²) in [7, 11) is -3.47. The predicted octanol–water partition coefficient (Wildman–Crippen LogP) is 1.60. The molecular weight excluding hydrogens is 242 g/mol. The fourth-order valence-electron chi connectivity index (χ4n) is 1.49. The molecule has 0 aromatic rings. The lowest BCUT2D eigenvalue weighted by Crippen LogP contribution is -2.42. The Hall–Kier alpha value is -0.620. The third-order valence-electron chi connectivity index (χ3n) is 2.34. The van der Waals surface area contributed by atoms with Crippen LogP contribution >= 0.6 is 0 Å². The standard InChI is InChI=1S/C11H23NO4S/c1-4-5-6-7-17(15,16)12-10(11(13)14)8-9(2)3/h9-10,12H,4-8H2,1-3H3,(H,13,14)/t10-/m0/s1. The fourth-order valence-corrected chi connectivity index (χ4v) is 2.82. The second-order valence-corrected chi connectivity index (χ2v) is 6.54. The molecule has 0 bridgehead atoms. The van der Waals surface area contributed by atoms with Crippen LogP contribution < -0.4 is 4.72 Å². The second kappa shape index (κ2) is 7.66. The Morgan fingerprint density at radius 2 is 1.88 bits per heavy atom. The first-order valence-corrected chi connectivity index (χ1v) is 7.66. The second-order valence-electron chi connectivity index (χ2n) is 4.66. The Morgan fingerprint density at radius 1 is 1.29 bits per heavy atom. The molecule has 0 saturated carbocycles. The first kappa shape index (κ1) is 16.4. The number of unbranched alkanes of at least 4 members (excludes halogenated alkanes) is 2. The van der Waals surface area contributed by atoms with E-state index < -0.39 is 22.0 Å². The van der Waals surface area contributed by atoms with Crippen LogP contribution in [0.2, 0.25) is 0 Å². The van der Waals surface area contributed by atoms with Crippen LogP contribution in [0, 0.1) is 5.92 Å². The summed E-state index contributed by atoms with van der Waals surface area (Å²) in [4.78, 5) is 10.9. The van der Waals surface area contributed by atoms with Crippen molar-refractivity contribution >= 4 is 16.0 Å². The lowest BCUT2D eigenvalue weighted by Gasteiger charge is -2.16. The van der Waals surface area contributed by atoms with Crippen LogP contribution in [0.1, 0.15) is 46.5 Å². The lowest BCUT2D eigenvalue weighted by molar-refractivity contribution is -0.139. The molecule has 0 aliphatic heterocycles. The van der Waals surface area contributed by atoms with Crippen LogP contribution in [0.25, 0.3) is 0 Å². The van der Waals surface area contributed by atoms with E-state index in [4.69, 9.17) is 5.11 Å². The first-order valence-electron chi connectivity index (χ1n) is 6.01. The van der Waals surface area contributed by atoms with Crippen molar-refractivity contribution in [1.29, 1.82) is 0 Å². The molecule has 0 spiro atoms. The molecule has 17 heavy (non-hydrogen) atoms. The molecule has 0 aromatic carbocycles. The van der Waals surface area contributed by atoms with Gasteiger partial charge in [-0.05, 0) is 18.8 Å². The van der Waals surface area contributed by atoms with Gasteiger partial charge >= 0.3 is 5.97 Å². The van der Waals surface area contributed by atoms with E-state index in [1.165, 1.54) is 0 Å². The Bertz CT molecular complexity index is 324. The highest BCUT2D eigenvalue weighted by Gasteiger charge is 2.24. The van der Waals surface area contributed by atoms with Crippen LogP contribution in [0.5, 0.6) is 0 Å². The zero-order chi connectivity index (χ0) is 13.5. The molecular formula is C11H23NO4S. The van der Waals surface area contributed by atoms with E-state index in [9.17, 15) is 13.2 Å². The summed E-state index contributed by atoms with van der Waals surface area (Å²) in [6, 6.07) is -1.01. The Balaban J connectivity index is 4.37. The van der Waals surface area contributed by atoms with Gasteiger partial charge in [0.1, 0.15) is 6.04 Å². The van der Waals surface area contributed by atoms with Gasteiger partial charge in [-0.3, -0.25) is 4.79 Å². The maximum Gasteiger partial charge on any atom is 0.321 e. The zero-order valence-corrected chi connectivity index (χ0v) is 11.6. The topological polar surface area (TPSA) is 83.5 Å². The fraction of sp³-hybridized carbons (Fsp3) is 0.909. The minimum Gasteiger partial charge on any atom is -0.480 e. The van der Waals surface area contributed by atoms with Crippen LogP contribution in [0.4, 0.5) is 0 Å². The molecule has 6 heteroatoms. The van der Waals surface area contributed by atoms with Crippen molar-refractivity contribution in [1.82, 2.24) is 4.72 Å². The van der Waals surface area contributed by atoms with E-state index in [2.05, 4.69) is 4.72 Å². The highest BCUT2D eigenvalue weighted by Crippen LogP contribution is 2.07. The third kappa shape index (κ3) is 8.15. The number of carbonyl (C=O) groups is 1. The average molecular weight is 265 g/mol. The van der Waals surface area contributed by atoms with E-state index in [1.807, 2.05) is 20.8 Å². The molecule has 0 rings (SSSR count). The highest BCUT2D eigenvalue weighted by atomic mass is 32.2. The molecule has 0 heterocycles. The van der Waals surface area contributed by atoms with Gasteiger partial charge in [-0.1, -0.05) is 33.6 Å². The minimum atomic E-state index is -3.47. The Kier molecular flexibility index (Phi) is 7.38. The monoisotopic (exact) mass is 265 g/mol. The van der Waals surface area contributed by atoms with Crippen LogP contribution in [0.3, 0.4) is 0 Å². The summed E-state index contributed by atoms with van der Waals surface area (Å²) in [5.74, 6) is -0.977. The van der Waals surface area contributed by atoms with Crippen molar-refractivity contribution in [2.45, 2.75) is 52.5 Å². The molecule has 2 N–H and O–H groups in total. The van der Waals surface area contributed by atoms with Gasteiger partial charge in [0.15, 0.2) is 0 Å². The van der Waals surface area contributed by atoms with E-state index in [-0.39, 0.29) is 11.7 Å². The summed E-state index contributed by atoms with van der Waals surface area (Å²) in [6.45, 7) is 5.71. The molecule has 0 aromatic heterocycles. The van der Waals surface area contributed by atoms with Crippen LogP contribution in [0.15, 0.2) is 0 Å². The normalized spacial score (nSPS) is 13.9. The maximum atomic E-state index is 11.6. The quantitative estimate of drug-likeness (QED) is 0.620. The van der Waals surface area contributed by atoms with Crippen molar-refractivity contribution in [3.8, 4) is 0 Å². The molecule has 0 fully saturated rings. The van der Waals surface area contributed by atoms with E-state index in [0.29, 0.717) is 12.8 Å². The number of aliphatic carboxylic acids is 1. The molecule has 1 atom stereocenters. The summed E-state index contributed by atoms with van der Waals surface area (Å²) >= 11 is 0. The van der Waals surface area contributed by atoms with Crippen molar-refractivity contribution in [2.75, 3.05) is 5.75 Å². The van der Waals surface area contributed by atoms with Gasteiger partial charge in [0.05, 0.1) is 5.75 Å². The molecule has 0 saturated heterocycles. The number of nitrogens with one attached hydrogen (secondary N) is 1. The highest BCUT2D eigenvalue weighted by molar-refractivity contribution is 7.89. The summed E-state index contributed by atoms with van der Waals surface area (Å²) in [6.07, 6.45) is 2.65. The molecule has 5 nitrogen and oxygen atoms in total. The minimum absolute atomic E-state index is 0.00269. The Morgan fingerprint density at radius 3 is 2.29 bits per heavy atom. The van der Waals surface area contributed by atoms with Gasteiger partial charge < -0.3 is 5.11 Å². The van der Waals surface area contributed by atoms with Crippen LogP contribution in [-0.4, -0.2) is 31.3 Å². The molecule has 0 aliphatic carbocycles. The van der Waals surface area contributed by atoms with Crippen molar-refractivity contribution < 1.29 is 18.3 Å². The van der Waals surface area contributed by atoms with Gasteiger partial charge in [-0.25, -0.2) is 13.1 Å². The predicted molar refractivity (Wildman–Crippen MR) is 67.3 cm³/mol. The van der Waals surface area contributed by atoms with Gasteiger partial charge in [0.2, 0.25) is 10.0 Å². The van der Waals surface area contributed by atoms with Gasteiger partial charge in [-0.2, -0.15) is 0 Å². The SMILES string of the molecule is CCCCCS(=O)(=O)N[C@@H](CC(C)C)C(=O)O. The molecule has 0 amide bonds. The van der Waals surface area contributed by atoms with E-state index in [1.54, 1.807) is 0 Å². The summed E-state index contributed by atoms with van der Waals surface area (Å²) in [5, 5.41) is 8.93. The third-order valence-corrected chi connectivity index (χ3v) is 3.81. The summed E-state index contributed by atoms with van der Waals surface area (Å²) < 4.78 is 25.5. The van der Waals surface area contributed by atoms with Gasteiger partial charge in [-0.15, -0.1) is 0 Å². The van der Waals surface area contributed by atoms with Crippen molar-refractivity contribution in [3.05, 3.63) is 0 Å². The van der Waals surface area contributed by atoms with E-state index in [0.717, 1.165) is 12.8 Å². The number of hydrogen-bond acceptors (Lipinski definition) is 3. The van der Waals surface area contributed by atoms with Crippen molar-refractivity contribution in [3.63, 3.8) is 0 Å². The lowest BCUT2D eigenvalue weighted by atomic mass is 10.1. The average Bonchev–Trinajstić information content (AvgIpc) is 2.15. The molecule has 0 radical (unpaired) electrons. The summed E-state index contributed by atoms with van der Waals surface area (Å²) in [5.41, 5.74) is 0. The first-order chi connectivity index (χ1) is 7.78. The smallest absolute Gasteiger partial charge is 0.321 e. The molecule has 102 valence electrons. The number of sulfonamides is 1. The van der Waals surface area contributed by atoms with Crippen molar-refractivity contribution in [2.24, 2.45) is 5.92 Å².